The molecule has 2 heterocycles. The Hall–Kier alpha value is -1.68. The minimum atomic E-state index is 0.207. The second-order valence-electron chi connectivity index (χ2n) is 4.96. The maximum absolute atomic E-state index is 5.38. The molecule has 3 rings (SSSR count). The van der Waals surface area contributed by atoms with E-state index in [0.29, 0.717) is 17.6 Å². The van der Waals surface area contributed by atoms with E-state index in [2.05, 4.69) is 22.4 Å². The van der Waals surface area contributed by atoms with Crippen LogP contribution in [0.25, 0.3) is 11.4 Å². The van der Waals surface area contributed by atoms with Crippen molar-refractivity contribution in [2.75, 3.05) is 6.54 Å². The first-order valence-electron chi connectivity index (χ1n) is 6.45. The van der Waals surface area contributed by atoms with Gasteiger partial charge in [0.25, 0.3) is 0 Å². The summed E-state index contributed by atoms with van der Waals surface area (Å²) in [6.45, 7) is 3.29. The molecule has 1 aromatic carbocycles. The highest BCUT2D eigenvalue weighted by Gasteiger charge is 2.24. The highest BCUT2D eigenvalue weighted by atomic mass is 16.5. The molecule has 1 aromatic heterocycles. The van der Waals surface area contributed by atoms with Crippen molar-refractivity contribution < 1.29 is 4.52 Å². The molecule has 2 aromatic rings. The predicted molar refractivity (Wildman–Crippen MR) is 68.9 cm³/mol. The summed E-state index contributed by atoms with van der Waals surface area (Å²) in [7, 11) is 0. The van der Waals surface area contributed by atoms with Gasteiger partial charge in [0.1, 0.15) is 0 Å². The summed E-state index contributed by atoms with van der Waals surface area (Å²) < 4.78 is 5.38. The van der Waals surface area contributed by atoms with Crippen molar-refractivity contribution in [3.8, 4) is 11.4 Å². The molecular weight excluding hydrogens is 226 g/mol. The van der Waals surface area contributed by atoms with Gasteiger partial charge in [-0.25, -0.2) is 0 Å². The summed E-state index contributed by atoms with van der Waals surface area (Å²) in [5.41, 5.74) is 0.997. The third kappa shape index (κ3) is 2.29. The lowest BCUT2D eigenvalue weighted by Gasteiger charge is -2.25. The maximum Gasteiger partial charge on any atom is 0.244 e. The van der Waals surface area contributed by atoms with Gasteiger partial charge in [-0.15, -0.1) is 0 Å². The molecule has 0 spiro atoms. The van der Waals surface area contributed by atoms with Crippen LogP contribution in [0.4, 0.5) is 0 Å². The third-order valence-electron chi connectivity index (χ3n) is 3.44. The van der Waals surface area contributed by atoms with Crippen LogP contribution in [0.3, 0.4) is 0 Å². The number of benzene rings is 1. The lowest BCUT2D eigenvalue weighted by Crippen LogP contribution is -2.30. The van der Waals surface area contributed by atoms with Gasteiger partial charge < -0.3 is 9.84 Å². The van der Waals surface area contributed by atoms with E-state index in [1.807, 2.05) is 30.3 Å². The Bertz CT molecular complexity index is 509. The minimum absolute atomic E-state index is 0.207. The van der Waals surface area contributed by atoms with Crippen LogP contribution in [0.1, 0.15) is 31.7 Å². The summed E-state index contributed by atoms with van der Waals surface area (Å²) in [6.07, 6.45) is 2.28. The molecule has 18 heavy (non-hydrogen) atoms. The van der Waals surface area contributed by atoms with Crippen LogP contribution in [0.5, 0.6) is 0 Å². The van der Waals surface area contributed by atoms with Crippen molar-refractivity contribution in [1.29, 1.82) is 0 Å². The van der Waals surface area contributed by atoms with Gasteiger partial charge in [0.15, 0.2) is 0 Å². The fourth-order valence-electron chi connectivity index (χ4n) is 2.38. The third-order valence-corrected chi connectivity index (χ3v) is 3.44. The molecule has 1 aliphatic heterocycles. The zero-order valence-electron chi connectivity index (χ0n) is 10.5. The molecule has 4 nitrogen and oxygen atoms in total. The Labute approximate surface area is 106 Å². The average molecular weight is 243 g/mol. The van der Waals surface area contributed by atoms with Crippen molar-refractivity contribution in [1.82, 2.24) is 15.5 Å². The van der Waals surface area contributed by atoms with E-state index in [1.54, 1.807) is 0 Å². The number of rotatable bonds is 2. The topological polar surface area (TPSA) is 51.0 Å². The summed E-state index contributed by atoms with van der Waals surface area (Å²) >= 11 is 0. The van der Waals surface area contributed by atoms with Gasteiger partial charge in [0, 0.05) is 5.56 Å². The normalized spacial score (nSPS) is 24.1. The first-order chi connectivity index (χ1) is 8.83. The first-order valence-corrected chi connectivity index (χ1v) is 6.45. The zero-order valence-corrected chi connectivity index (χ0v) is 10.5. The van der Waals surface area contributed by atoms with Gasteiger partial charge in [0.2, 0.25) is 11.7 Å². The highest BCUT2D eigenvalue weighted by Crippen LogP contribution is 2.27. The van der Waals surface area contributed by atoms with Crippen LogP contribution in [0, 0.1) is 5.92 Å². The second kappa shape index (κ2) is 4.90. The molecule has 1 N–H and O–H groups in total. The molecule has 1 aliphatic rings. The Balaban J connectivity index is 1.81. The van der Waals surface area contributed by atoms with E-state index >= 15 is 0 Å². The Morgan fingerprint density at radius 3 is 2.89 bits per heavy atom. The lowest BCUT2D eigenvalue weighted by atomic mass is 9.94. The number of hydrogen-bond donors (Lipinski definition) is 1. The van der Waals surface area contributed by atoms with E-state index in [-0.39, 0.29) is 6.04 Å². The SMILES string of the molecule is CC1CCNC(c2nc(-c3ccccc3)no2)C1. The quantitative estimate of drug-likeness (QED) is 0.881. The van der Waals surface area contributed by atoms with Crippen LogP contribution in [0.15, 0.2) is 34.9 Å². The zero-order chi connectivity index (χ0) is 12.4. The van der Waals surface area contributed by atoms with Crippen molar-refractivity contribution in [3.05, 3.63) is 36.2 Å². The number of nitrogens with zero attached hydrogens (tertiary/aromatic N) is 2. The molecular formula is C14H17N3O. The van der Waals surface area contributed by atoms with Crippen LogP contribution in [-0.2, 0) is 0 Å². The van der Waals surface area contributed by atoms with Gasteiger partial charge in [-0.05, 0) is 25.3 Å². The molecule has 0 bridgehead atoms. The van der Waals surface area contributed by atoms with Crippen molar-refractivity contribution in [3.63, 3.8) is 0 Å². The predicted octanol–water partition coefficient (Wildman–Crippen LogP) is 2.80. The van der Waals surface area contributed by atoms with E-state index in [9.17, 15) is 0 Å². The second-order valence-corrected chi connectivity index (χ2v) is 4.96. The molecule has 94 valence electrons. The fourth-order valence-corrected chi connectivity index (χ4v) is 2.38. The van der Waals surface area contributed by atoms with E-state index in [1.165, 1.54) is 6.42 Å². The largest absolute Gasteiger partial charge is 0.337 e. The standard InChI is InChI=1S/C14H17N3O/c1-10-7-8-15-12(9-10)14-16-13(17-18-14)11-5-3-2-4-6-11/h2-6,10,12,15H,7-9H2,1H3. The van der Waals surface area contributed by atoms with Gasteiger partial charge in [-0.3, -0.25) is 0 Å². The molecule has 1 fully saturated rings. The van der Waals surface area contributed by atoms with Gasteiger partial charge in [0.05, 0.1) is 6.04 Å². The van der Waals surface area contributed by atoms with Crippen molar-refractivity contribution in [2.24, 2.45) is 5.92 Å². The molecule has 1 saturated heterocycles. The molecule has 2 atom stereocenters. The average Bonchev–Trinajstić information content (AvgIpc) is 2.89. The van der Waals surface area contributed by atoms with Crippen molar-refractivity contribution >= 4 is 0 Å². The number of nitrogens with one attached hydrogen (secondary N) is 1. The Morgan fingerprint density at radius 1 is 1.28 bits per heavy atom. The molecule has 0 amide bonds. The van der Waals surface area contributed by atoms with E-state index in [0.717, 1.165) is 18.5 Å². The lowest BCUT2D eigenvalue weighted by molar-refractivity contribution is 0.260. The molecule has 4 heteroatoms. The van der Waals surface area contributed by atoms with Crippen LogP contribution >= 0.6 is 0 Å². The van der Waals surface area contributed by atoms with Crippen LogP contribution < -0.4 is 5.32 Å². The summed E-state index contributed by atoms with van der Waals surface area (Å²) in [5, 5.41) is 7.49. The summed E-state index contributed by atoms with van der Waals surface area (Å²) in [4.78, 5) is 4.50. The highest BCUT2D eigenvalue weighted by molar-refractivity contribution is 5.53. The fraction of sp³-hybridized carbons (Fsp3) is 0.429. The molecule has 0 saturated carbocycles. The number of piperidine rings is 1. The molecule has 0 aliphatic carbocycles. The van der Waals surface area contributed by atoms with Gasteiger partial charge >= 0.3 is 0 Å². The molecule has 0 radical (unpaired) electrons. The monoisotopic (exact) mass is 243 g/mol. The summed E-state index contributed by atoms with van der Waals surface area (Å²) in [6, 6.07) is 10.1. The number of aromatic nitrogens is 2. The number of hydrogen-bond acceptors (Lipinski definition) is 4. The minimum Gasteiger partial charge on any atom is -0.337 e. The maximum atomic E-state index is 5.38. The van der Waals surface area contributed by atoms with Gasteiger partial charge in [-0.2, -0.15) is 4.98 Å². The van der Waals surface area contributed by atoms with E-state index in [4.69, 9.17) is 4.52 Å². The first kappa shape index (κ1) is 11.4. The van der Waals surface area contributed by atoms with E-state index < -0.39 is 0 Å². The van der Waals surface area contributed by atoms with Crippen LogP contribution in [0.2, 0.25) is 0 Å². The molecule has 2 unspecified atom stereocenters. The Kier molecular flexibility index (Phi) is 3.11. The van der Waals surface area contributed by atoms with Gasteiger partial charge in [-0.1, -0.05) is 42.4 Å². The van der Waals surface area contributed by atoms with Crippen LogP contribution in [-0.4, -0.2) is 16.7 Å². The Morgan fingerprint density at radius 2 is 2.11 bits per heavy atom. The smallest absolute Gasteiger partial charge is 0.244 e. The summed E-state index contributed by atoms with van der Waals surface area (Å²) in [5.74, 6) is 2.09. The van der Waals surface area contributed by atoms with Crippen molar-refractivity contribution in [2.45, 2.75) is 25.8 Å².